The van der Waals surface area contributed by atoms with E-state index in [2.05, 4.69) is 0 Å². The third-order valence-electron chi connectivity index (χ3n) is 6.84. The summed E-state index contributed by atoms with van der Waals surface area (Å²) in [5.41, 5.74) is 0.750. The Morgan fingerprint density at radius 3 is 1.84 bits per heavy atom. The van der Waals surface area contributed by atoms with Gasteiger partial charge in [-0.2, -0.15) is 0 Å². The van der Waals surface area contributed by atoms with Crippen LogP contribution in [0.4, 0.5) is 0 Å². The van der Waals surface area contributed by atoms with Crippen LogP contribution in [0.3, 0.4) is 0 Å². The van der Waals surface area contributed by atoms with E-state index in [1.54, 1.807) is 24.3 Å². The predicted octanol–water partition coefficient (Wildman–Crippen LogP) is 0.727. The van der Waals surface area contributed by atoms with E-state index in [0.29, 0.717) is 0 Å². The Morgan fingerprint density at radius 2 is 1.25 bits per heavy atom. The van der Waals surface area contributed by atoms with E-state index in [1.807, 2.05) is 6.07 Å². The van der Waals surface area contributed by atoms with Gasteiger partial charge in [-0.05, 0) is 5.56 Å². The summed E-state index contributed by atoms with van der Waals surface area (Å²) < 4.78 is 57.6. The lowest BCUT2D eigenvalue weighted by Crippen LogP contribution is -2.65. The second kappa shape index (κ2) is 14.9. The topological polar surface area (TPSA) is 178 Å². The van der Waals surface area contributed by atoms with Gasteiger partial charge in [0, 0.05) is 34.6 Å². The number of carbonyl (C=O) groups excluding carboxylic acids is 5. The van der Waals surface area contributed by atoms with Crippen LogP contribution in [0.2, 0.25) is 0 Å². The van der Waals surface area contributed by atoms with E-state index in [1.165, 1.54) is 20.8 Å². The normalized spacial score (nSPS) is 32.7. The molecule has 242 valence electrons. The first-order chi connectivity index (χ1) is 20.9. The zero-order valence-electron chi connectivity index (χ0n) is 24.9. The van der Waals surface area contributed by atoms with Gasteiger partial charge in [-0.1, -0.05) is 30.3 Å². The molecule has 1 aromatic carbocycles. The molecular formula is C29H36O15. The highest BCUT2D eigenvalue weighted by Crippen LogP contribution is 2.37. The van der Waals surface area contributed by atoms with Gasteiger partial charge in [0.1, 0.15) is 31.0 Å². The lowest BCUT2D eigenvalue weighted by molar-refractivity contribution is -0.346. The van der Waals surface area contributed by atoms with Crippen molar-refractivity contribution in [3.05, 3.63) is 35.9 Å². The largest absolute Gasteiger partial charge is 0.463 e. The van der Waals surface area contributed by atoms with Crippen molar-refractivity contribution in [2.45, 2.75) is 103 Å². The summed E-state index contributed by atoms with van der Waals surface area (Å²) in [4.78, 5) is 60.3. The van der Waals surface area contributed by atoms with Gasteiger partial charge < -0.3 is 47.4 Å². The van der Waals surface area contributed by atoms with E-state index in [-0.39, 0.29) is 13.2 Å². The standard InChI is InChI=1S/C29H36O15/c1-14(30)35-12-20-22(38-15(2)31)24(39-16(3)32)26(36-11-19-9-7-6-8-10-19)29(43-20)44-23-21-13-37-28(42-21)27(41-18(5)34)25(23)40-17(4)33/h6-10,20-29H,11-13H2,1-5H3/t20-,21-,22-,23-,24+,25+,26+,27-,28?,29+/m1/s1. The fourth-order valence-electron chi connectivity index (χ4n) is 5.22. The number of fused-ring (bicyclic) bond motifs is 2. The summed E-state index contributed by atoms with van der Waals surface area (Å²) in [6.07, 6.45) is -11.8. The van der Waals surface area contributed by atoms with Gasteiger partial charge in [-0.15, -0.1) is 0 Å². The van der Waals surface area contributed by atoms with Crippen LogP contribution < -0.4 is 0 Å². The summed E-state index contributed by atoms with van der Waals surface area (Å²) in [6.45, 7) is 5.44. The Kier molecular flexibility index (Phi) is 11.3. The summed E-state index contributed by atoms with van der Waals surface area (Å²) in [5, 5.41) is 0. The van der Waals surface area contributed by atoms with Crippen molar-refractivity contribution < 1.29 is 71.3 Å². The van der Waals surface area contributed by atoms with Gasteiger partial charge in [0.05, 0.1) is 13.2 Å². The Labute approximate surface area is 253 Å². The van der Waals surface area contributed by atoms with E-state index < -0.39 is 97.9 Å². The smallest absolute Gasteiger partial charge is 0.303 e. The number of rotatable bonds is 11. The molecule has 10 atom stereocenters. The molecule has 0 saturated carbocycles. The van der Waals surface area contributed by atoms with E-state index >= 15 is 0 Å². The lowest BCUT2D eigenvalue weighted by Gasteiger charge is -2.47. The molecule has 0 N–H and O–H groups in total. The summed E-state index contributed by atoms with van der Waals surface area (Å²) in [7, 11) is 0. The van der Waals surface area contributed by atoms with Crippen LogP contribution in [0.5, 0.6) is 0 Å². The van der Waals surface area contributed by atoms with Crippen LogP contribution in [0, 0.1) is 0 Å². The maximum absolute atomic E-state index is 12.3. The average Bonchev–Trinajstić information content (AvgIpc) is 3.38. The second-order valence-electron chi connectivity index (χ2n) is 10.4. The Balaban J connectivity index is 1.72. The van der Waals surface area contributed by atoms with Crippen LogP contribution in [-0.4, -0.2) is 104 Å². The molecule has 3 aliphatic heterocycles. The number of carbonyl (C=O) groups is 5. The third-order valence-corrected chi connectivity index (χ3v) is 6.84. The molecule has 4 rings (SSSR count). The van der Waals surface area contributed by atoms with Crippen LogP contribution in [0.25, 0.3) is 0 Å². The maximum Gasteiger partial charge on any atom is 0.303 e. The molecule has 0 spiro atoms. The molecule has 1 aromatic rings. The zero-order valence-corrected chi connectivity index (χ0v) is 24.9. The molecular weight excluding hydrogens is 588 g/mol. The molecule has 15 nitrogen and oxygen atoms in total. The highest BCUT2D eigenvalue weighted by Gasteiger charge is 2.58. The van der Waals surface area contributed by atoms with E-state index in [9.17, 15) is 24.0 Å². The lowest BCUT2D eigenvalue weighted by atomic mass is 9.96. The molecule has 1 unspecified atom stereocenters. The number of benzene rings is 1. The van der Waals surface area contributed by atoms with Gasteiger partial charge in [0.2, 0.25) is 0 Å². The van der Waals surface area contributed by atoms with Gasteiger partial charge in [-0.25, -0.2) is 0 Å². The first kappa shape index (κ1) is 33.3. The van der Waals surface area contributed by atoms with Crippen molar-refractivity contribution in [3.8, 4) is 0 Å². The Bertz CT molecular complexity index is 1190. The molecule has 3 aliphatic rings. The molecule has 15 heteroatoms. The van der Waals surface area contributed by atoms with Crippen molar-refractivity contribution >= 4 is 29.8 Å². The average molecular weight is 625 g/mol. The van der Waals surface area contributed by atoms with Crippen molar-refractivity contribution in [2.75, 3.05) is 13.2 Å². The zero-order chi connectivity index (χ0) is 32.0. The highest BCUT2D eigenvalue weighted by atomic mass is 16.8. The van der Waals surface area contributed by atoms with Gasteiger partial charge in [0.15, 0.2) is 37.0 Å². The van der Waals surface area contributed by atoms with E-state index in [4.69, 9.17) is 47.4 Å². The molecule has 0 aromatic heterocycles. The number of ether oxygens (including phenoxy) is 10. The Hall–Kier alpha value is -3.63. The minimum Gasteiger partial charge on any atom is -0.463 e. The number of esters is 5. The van der Waals surface area contributed by atoms with Crippen molar-refractivity contribution in [2.24, 2.45) is 0 Å². The van der Waals surface area contributed by atoms with Crippen molar-refractivity contribution in [1.29, 1.82) is 0 Å². The summed E-state index contributed by atoms with van der Waals surface area (Å²) in [6, 6.07) is 9.04. The molecule has 0 amide bonds. The third kappa shape index (κ3) is 8.51. The SMILES string of the molecule is CC(=O)OC[C@H]1O[C@@H](O[C@H]2[C@H](OC(C)=O)[C@@H](OC(C)=O)C3OC[C@H]2O3)[C@@H](OCc2ccccc2)[C@@H](OC(C)=O)[C@@H]1OC(C)=O. The first-order valence-corrected chi connectivity index (χ1v) is 14.0. The number of hydrogen-bond acceptors (Lipinski definition) is 15. The van der Waals surface area contributed by atoms with Gasteiger partial charge in [0.25, 0.3) is 0 Å². The Morgan fingerprint density at radius 1 is 0.682 bits per heavy atom. The van der Waals surface area contributed by atoms with E-state index in [0.717, 1.165) is 19.4 Å². The van der Waals surface area contributed by atoms with Crippen LogP contribution in [0.1, 0.15) is 40.2 Å². The summed E-state index contributed by atoms with van der Waals surface area (Å²) in [5.74, 6) is -3.47. The fraction of sp³-hybridized carbons (Fsp3) is 0.621. The van der Waals surface area contributed by atoms with Crippen LogP contribution in [0.15, 0.2) is 30.3 Å². The molecule has 3 fully saturated rings. The minimum absolute atomic E-state index is 0.00650. The molecule has 3 heterocycles. The highest BCUT2D eigenvalue weighted by molar-refractivity contribution is 5.68. The molecule has 0 aliphatic carbocycles. The summed E-state index contributed by atoms with van der Waals surface area (Å²) >= 11 is 0. The van der Waals surface area contributed by atoms with Gasteiger partial charge >= 0.3 is 29.8 Å². The van der Waals surface area contributed by atoms with Crippen molar-refractivity contribution in [3.63, 3.8) is 0 Å². The maximum atomic E-state index is 12.3. The first-order valence-electron chi connectivity index (χ1n) is 14.0. The van der Waals surface area contributed by atoms with Gasteiger partial charge in [-0.3, -0.25) is 24.0 Å². The molecule has 44 heavy (non-hydrogen) atoms. The monoisotopic (exact) mass is 624 g/mol. The molecule has 3 saturated heterocycles. The molecule has 2 bridgehead atoms. The number of hydrogen-bond donors (Lipinski definition) is 0. The minimum atomic E-state index is -1.42. The van der Waals surface area contributed by atoms with Crippen LogP contribution >= 0.6 is 0 Å². The predicted molar refractivity (Wildman–Crippen MR) is 142 cm³/mol. The molecule has 0 radical (unpaired) electrons. The van der Waals surface area contributed by atoms with Crippen molar-refractivity contribution in [1.82, 2.24) is 0 Å². The second-order valence-corrected chi connectivity index (χ2v) is 10.4. The quantitative estimate of drug-likeness (QED) is 0.248. The fourth-order valence-corrected chi connectivity index (χ4v) is 5.22. The van der Waals surface area contributed by atoms with Crippen LogP contribution in [-0.2, 0) is 77.9 Å².